The Morgan fingerprint density at radius 1 is 0.703 bits per heavy atom. The molecule has 0 fully saturated rings. The molecule has 2 aromatic heterocycles. The van der Waals surface area contributed by atoms with Crippen molar-refractivity contribution in [1.29, 1.82) is 0 Å². The van der Waals surface area contributed by atoms with Gasteiger partial charge in [-0.25, -0.2) is 0 Å². The Kier molecular flexibility index (Phi) is 14.9. The molecule has 4 heterocycles. The monoisotopic (exact) mass is 914 g/mol. The number of nitrogens with two attached hydrogens (primary N) is 2. The van der Waals surface area contributed by atoms with E-state index >= 15 is 0 Å². The largest absolute Gasteiger partial charge is 0.490 e. The van der Waals surface area contributed by atoms with E-state index in [9.17, 15) is 20.4 Å². The summed E-state index contributed by atoms with van der Waals surface area (Å²) in [7, 11) is 0. The highest BCUT2D eigenvalue weighted by molar-refractivity contribution is 6.37. The fourth-order valence-electron chi connectivity index (χ4n) is 7.99. The van der Waals surface area contributed by atoms with Crippen molar-refractivity contribution in [3.8, 4) is 51.4 Å². The van der Waals surface area contributed by atoms with Gasteiger partial charge in [-0.05, 0) is 84.7 Å². The van der Waals surface area contributed by atoms with Gasteiger partial charge in [0.15, 0.2) is 5.75 Å². The molecule has 0 radical (unpaired) electrons. The van der Waals surface area contributed by atoms with E-state index in [4.69, 9.17) is 48.5 Å². The number of halogens is 2. The van der Waals surface area contributed by atoms with Crippen LogP contribution >= 0.6 is 23.2 Å². The summed E-state index contributed by atoms with van der Waals surface area (Å²) in [5, 5.41) is 47.4. The van der Waals surface area contributed by atoms with Crippen LogP contribution in [-0.2, 0) is 19.3 Å². The first-order chi connectivity index (χ1) is 30.8. The van der Waals surface area contributed by atoms with Crippen molar-refractivity contribution >= 4 is 34.6 Å². The molecule has 6 aromatic rings. The van der Waals surface area contributed by atoms with E-state index in [0.717, 1.165) is 71.4 Å². The number of benzene rings is 4. The highest BCUT2D eigenvalue weighted by Gasteiger charge is 2.33. The minimum Gasteiger partial charge on any atom is -0.490 e. The van der Waals surface area contributed by atoms with Crippen LogP contribution in [0.15, 0.2) is 81.8 Å². The SMILES string of the molecule is CC(C)Cc1ccc(-c2nc(-c3cccc4c3CCN4CC(N)(CO)CO)no2)cc1.CCCOc1c(Cl)cc(-c2nc(-c3cccc4c3CCN4CC(N)(CO)CO)no2)cc1Cl. The number of rotatable bonds is 17. The normalized spacial score (nSPS) is 13.6. The fourth-order valence-corrected chi connectivity index (χ4v) is 8.59. The first-order valence-electron chi connectivity index (χ1n) is 21.5. The topological polar surface area (TPSA) is 227 Å². The first kappa shape index (κ1) is 46.9. The summed E-state index contributed by atoms with van der Waals surface area (Å²) in [4.78, 5) is 13.4. The molecule has 0 aliphatic carbocycles. The van der Waals surface area contributed by atoms with Gasteiger partial charge in [-0.3, -0.25) is 0 Å². The first-order valence-corrected chi connectivity index (χ1v) is 22.2. The second-order valence-electron chi connectivity index (χ2n) is 17.1. The van der Waals surface area contributed by atoms with E-state index < -0.39 is 11.1 Å². The number of ether oxygens (including phenoxy) is 1. The quantitative estimate of drug-likeness (QED) is 0.0600. The molecule has 0 unspecified atom stereocenters. The molecule has 2 aliphatic rings. The van der Waals surface area contributed by atoms with Gasteiger partial charge in [-0.1, -0.05) is 90.7 Å². The number of aliphatic hydroxyl groups excluding tert-OH is 4. The van der Waals surface area contributed by atoms with E-state index in [0.29, 0.717) is 76.9 Å². The van der Waals surface area contributed by atoms with Gasteiger partial charge in [-0.2, -0.15) is 9.97 Å². The number of nitrogens with zero attached hydrogens (tertiary/aromatic N) is 6. The van der Waals surface area contributed by atoms with Crippen LogP contribution in [-0.4, -0.2) is 111 Å². The maximum Gasteiger partial charge on any atom is 0.258 e. The summed E-state index contributed by atoms with van der Waals surface area (Å²) >= 11 is 12.7. The van der Waals surface area contributed by atoms with Crippen LogP contribution in [0.5, 0.6) is 5.75 Å². The average molecular weight is 916 g/mol. The van der Waals surface area contributed by atoms with Crippen LogP contribution in [0, 0.1) is 5.92 Å². The van der Waals surface area contributed by atoms with Crippen LogP contribution in [0.1, 0.15) is 43.9 Å². The van der Waals surface area contributed by atoms with Gasteiger partial charge >= 0.3 is 0 Å². The standard InChI is InChI=1S/C24H30N4O3.C23H26Cl2N4O4/c1-16(2)12-17-6-8-18(9-7-17)23-26-22(27-31-23)20-4-3-5-21-19(20)10-11-28(21)13-24(25,14-29)15-30;1-2-8-32-20-17(24)9-14(10-18(20)25)22-27-21(28-33-22)16-4-3-5-19-15(16)6-7-29(19)11-23(26,12-30)13-31/h3-9,16,29-30H,10-15,25H2,1-2H3;3-5,9-10,30-31H,2,6-8,11-13,26H2,1H3. The van der Waals surface area contributed by atoms with Crippen molar-refractivity contribution < 1.29 is 34.2 Å². The summed E-state index contributed by atoms with van der Waals surface area (Å²) in [6.07, 6.45) is 3.45. The zero-order valence-electron chi connectivity index (χ0n) is 36.3. The Balaban J connectivity index is 0.000000192. The molecule has 0 bridgehead atoms. The molecule has 340 valence electrons. The van der Waals surface area contributed by atoms with Crippen LogP contribution in [0.3, 0.4) is 0 Å². The minimum absolute atomic E-state index is 0.279. The third kappa shape index (κ3) is 10.4. The molecular weight excluding hydrogens is 859 g/mol. The maximum absolute atomic E-state index is 9.57. The van der Waals surface area contributed by atoms with Crippen molar-refractivity contribution in [1.82, 2.24) is 20.3 Å². The van der Waals surface area contributed by atoms with Crippen molar-refractivity contribution in [2.24, 2.45) is 17.4 Å². The Labute approximate surface area is 382 Å². The molecule has 0 atom stereocenters. The van der Waals surface area contributed by atoms with E-state index in [-0.39, 0.29) is 26.4 Å². The maximum atomic E-state index is 9.57. The Bertz CT molecular complexity index is 2480. The predicted molar refractivity (Wildman–Crippen MR) is 249 cm³/mol. The zero-order valence-corrected chi connectivity index (χ0v) is 37.8. The highest BCUT2D eigenvalue weighted by atomic mass is 35.5. The molecule has 15 nitrogen and oxygen atoms in total. The van der Waals surface area contributed by atoms with Crippen molar-refractivity contribution in [2.45, 2.75) is 57.5 Å². The summed E-state index contributed by atoms with van der Waals surface area (Å²) in [6, 6.07) is 23.5. The van der Waals surface area contributed by atoms with Gasteiger partial charge in [0.2, 0.25) is 11.6 Å². The van der Waals surface area contributed by atoms with Crippen LogP contribution in [0.25, 0.3) is 45.7 Å². The van der Waals surface area contributed by atoms with E-state index in [1.54, 1.807) is 12.1 Å². The second kappa shape index (κ2) is 20.4. The van der Waals surface area contributed by atoms with Crippen LogP contribution in [0.4, 0.5) is 11.4 Å². The Morgan fingerprint density at radius 3 is 1.61 bits per heavy atom. The lowest BCUT2D eigenvalue weighted by Crippen LogP contribution is -2.55. The van der Waals surface area contributed by atoms with Gasteiger partial charge in [-0.15, -0.1) is 0 Å². The number of aliphatic hydroxyl groups is 4. The fraction of sp³-hybridized carbons (Fsp3) is 0.404. The van der Waals surface area contributed by atoms with Gasteiger partial charge in [0, 0.05) is 59.8 Å². The van der Waals surface area contributed by atoms with Gasteiger partial charge < -0.3 is 55.5 Å². The molecule has 2 aliphatic heterocycles. The molecule has 0 saturated heterocycles. The molecule has 4 aromatic carbocycles. The lowest BCUT2D eigenvalue weighted by Gasteiger charge is -2.31. The molecule has 17 heteroatoms. The second-order valence-corrected chi connectivity index (χ2v) is 17.9. The molecular formula is C47H56Cl2N8O7. The van der Waals surface area contributed by atoms with Crippen LogP contribution < -0.4 is 26.0 Å². The summed E-state index contributed by atoms with van der Waals surface area (Å²) < 4.78 is 16.7. The average Bonchev–Trinajstić information content (AvgIpc) is 4.14. The number of fused-ring (bicyclic) bond motifs is 2. The van der Waals surface area contributed by atoms with Gasteiger partial charge in [0.1, 0.15) is 0 Å². The molecule has 8 N–H and O–H groups in total. The van der Waals surface area contributed by atoms with Crippen molar-refractivity contribution in [3.05, 3.63) is 99.5 Å². The van der Waals surface area contributed by atoms with Crippen molar-refractivity contribution in [2.75, 3.05) is 69.0 Å². The molecule has 0 amide bonds. The van der Waals surface area contributed by atoms with Gasteiger partial charge in [0.05, 0.1) is 54.2 Å². The summed E-state index contributed by atoms with van der Waals surface area (Å²) in [5.41, 5.74) is 18.8. The molecule has 0 saturated carbocycles. The number of anilines is 2. The number of hydrogen-bond acceptors (Lipinski definition) is 15. The Morgan fingerprint density at radius 2 is 1.17 bits per heavy atom. The smallest absolute Gasteiger partial charge is 0.258 e. The third-order valence-corrected chi connectivity index (χ3v) is 12.0. The Hall–Kier alpha value is -5.10. The number of hydrogen-bond donors (Lipinski definition) is 6. The van der Waals surface area contributed by atoms with Gasteiger partial charge in [0.25, 0.3) is 11.8 Å². The van der Waals surface area contributed by atoms with E-state index in [2.05, 4.69) is 56.1 Å². The zero-order chi connectivity index (χ0) is 45.6. The van der Waals surface area contributed by atoms with Crippen LogP contribution in [0.2, 0.25) is 10.0 Å². The number of aromatic nitrogens is 4. The highest BCUT2D eigenvalue weighted by Crippen LogP contribution is 2.40. The third-order valence-electron chi connectivity index (χ3n) is 11.4. The summed E-state index contributed by atoms with van der Waals surface area (Å²) in [6.45, 7) is 7.92. The molecule has 0 spiro atoms. The van der Waals surface area contributed by atoms with Crippen molar-refractivity contribution in [3.63, 3.8) is 0 Å². The lowest BCUT2D eigenvalue weighted by atomic mass is 10.0. The summed E-state index contributed by atoms with van der Waals surface area (Å²) in [5.74, 6) is 2.85. The minimum atomic E-state index is -1.08. The predicted octanol–water partition coefficient (Wildman–Crippen LogP) is 6.19. The van der Waals surface area contributed by atoms with E-state index in [1.807, 2.05) is 55.5 Å². The molecule has 64 heavy (non-hydrogen) atoms. The lowest BCUT2D eigenvalue weighted by molar-refractivity contribution is 0.125. The van der Waals surface area contributed by atoms with E-state index in [1.165, 1.54) is 5.56 Å². The molecule has 8 rings (SSSR count).